The maximum atomic E-state index is 13.8. The second-order valence-electron chi connectivity index (χ2n) is 3.53. The van der Waals surface area contributed by atoms with E-state index in [9.17, 15) is 4.39 Å². The van der Waals surface area contributed by atoms with Gasteiger partial charge in [-0.25, -0.2) is 4.39 Å². The highest BCUT2D eigenvalue weighted by Gasteiger charge is 2.19. The van der Waals surface area contributed by atoms with Crippen LogP contribution < -0.4 is 5.32 Å². The molecule has 1 aromatic carbocycles. The Kier molecular flexibility index (Phi) is 3.86. The van der Waals surface area contributed by atoms with Crippen molar-refractivity contribution in [3.05, 3.63) is 57.2 Å². The van der Waals surface area contributed by atoms with Gasteiger partial charge >= 0.3 is 0 Å². The predicted molar refractivity (Wildman–Crippen MR) is 68.7 cm³/mol. The molecule has 0 radical (unpaired) electrons. The molecule has 1 heterocycles. The number of halogens is 3. The van der Waals surface area contributed by atoms with E-state index in [2.05, 4.69) is 21.2 Å². The summed E-state index contributed by atoms with van der Waals surface area (Å²) in [7, 11) is 1.74. The summed E-state index contributed by atoms with van der Waals surface area (Å²) in [5.74, 6) is 0.287. The van der Waals surface area contributed by atoms with Gasteiger partial charge in [-0.2, -0.15) is 0 Å². The van der Waals surface area contributed by atoms with Gasteiger partial charge in [-0.05, 0) is 49.0 Å². The number of nitrogens with one attached hydrogen (secondary N) is 1. The average Bonchev–Trinajstić information content (AvgIpc) is 2.71. The number of benzene rings is 1. The monoisotopic (exact) mass is 317 g/mol. The van der Waals surface area contributed by atoms with E-state index in [0.29, 0.717) is 11.3 Å². The Labute approximate surface area is 112 Å². The molecule has 0 aliphatic rings. The van der Waals surface area contributed by atoms with Crippen LogP contribution in [0.2, 0.25) is 5.22 Å². The highest BCUT2D eigenvalue weighted by atomic mass is 79.9. The first kappa shape index (κ1) is 12.6. The average molecular weight is 319 g/mol. The normalized spacial score (nSPS) is 12.7. The fourth-order valence-electron chi connectivity index (χ4n) is 1.67. The van der Waals surface area contributed by atoms with Crippen molar-refractivity contribution in [2.45, 2.75) is 6.04 Å². The highest BCUT2D eigenvalue weighted by Crippen LogP contribution is 2.29. The van der Waals surface area contributed by atoms with Crippen molar-refractivity contribution in [3.63, 3.8) is 0 Å². The summed E-state index contributed by atoms with van der Waals surface area (Å²) in [5.41, 5.74) is 0.507. The van der Waals surface area contributed by atoms with Crippen LogP contribution in [-0.4, -0.2) is 7.05 Å². The molecule has 0 aliphatic heterocycles. The van der Waals surface area contributed by atoms with E-state index < -0.39 is 0 Å². The first-order valence-corrected chi connectivity index (χ1v) is 6.16. The van der Waals surface area contributed by atoms with E-state index in [0.717, 1.165) is 4.47 Å². The Morgan fingerprint density at radius 1 is 1.35 bits per heavy atom. The molecule has 17 heavy (non-hydrogen) atoms. The van der Waals surface area contributed by atoms with Gasteiger partial charge in [-0.3, -0.25) is 0 Å². The Balaban J connectivity index is 2.45. The molecule has 1 N–H and O–H groups in total. The SMILES string of the molecule is CNC(c1ccc(Cl)o1)c1cc(Br)ccc1F. The van der Waals surface area contributed by atoms with Crippen LogP contribution in [0.4, 0.5) is 4.39 Å². The maximum absolute atomic E-state index is 13.8. The smallest absolute Gasteiger partial charge is 0.193 e. The van der Waals surface area contributed by atoms with Crippen LogP contribution in [-0.2, 0) is 0 Å². The number of rotatable bonds is 3. The summed E-state index contributed by atoms with van der Waals surface area (Å²) >= 11 is 9.04. The van der Waals surface area contributed by atoms with E-state index in [-0.39, 0.29) is 17.1 Å². The van der Waals surface area contributed by atoms with Crippen molar-refractivity contribution < 1.29 is 8.81 Å². The molecule has 1 atom stereocenters. The zero-order chi connectivity index (χ0) is 12.4. The molecule has 2 aromatic rings. The molecule has 0 aliphatic carbocycles. The second kappa shape index (κ2) is 5.21. The summed E-state index contributed by atoms with van der Waals surface area (Å²) in [5, 5.41) is 3.29. The van der Waals surface area contributed by atoms with Crippen molar-refractivity contribution in [1.82, 2.24) is 5.32 Å². The molecule has 90 valence electrons. The molecule has 1 unspecified atom stereocenters. The first-order valence-electron chi connectivity index (χ1n) is 4.99. The quantitative estimate of drug-likeness (QED) is 0.920. The molecule has 2 rings (SSSR count). The van der Waals surface area contributed by atoms with E-state index in [1.54, 1.807) is 31.3 Å². The number of furan rings is 1. The third kappa shape index (κ3) is 2.70. The molecular weight excluding hydrogens is 308 g/mol. The van der Waals surface area contributed by atoms with Crippen molar-refractivity contribution >= 4 is 27.5 Å². The summed E-state index contributed by atoms with van der Waals surface area (Å²) in [6.45, 7) is 0. The summed E-state index contributed by atoms with van der Waals surface area (Å²) in [6, 6.07) is 7.78. The molecule has 0 amide bonds. The van der Waals surface area contributed by atoms with Gasteiger partial charge in [-0.1, -0.05) is 15.9 Å². The molecule has 2 nitrogen and oxygen atoms in total. The molecule has 0 bridgehead atoms. The summed E-state index contributed by atoms with van der Waals surface area (Å²) in [4.78, 5) is 0. The van der Waals surface area contributed by atoms with Crippen molar-refractivity contribution in [2.75, 3.05) is 7.05 Å². The maximum Gasteiger partial charge on any atom is 0.193 e. The summed E-state index contributed by atoms with van der Waals surface area (Å²) < 4.78 is 19.9. The Morgan fingerprint density at radius 2 is 2.12 bits per heavy atom. The van der Waals surface area contributed by atoms with Gasteiger partial charge in [0.2, 0.25) is 0 Å². The van der Waals surface area contributed by atoms with Gasteiger partial charge in [0.05, 0.1) is 6.04 Å². The van der Waals surface area contributed by atoms with Crippen LogP contribution in [0, 0.1) is 5.82 Å². The Morgan fingerprint density at radius 3 is 2.71 bits per heavy atom. The van der Waals surface area contributed by atoms with Crippen LogP contribution in [0.15, 0.2) is 39.2 Å². The van der Waals surface area contributed by atoms with Crippen LogP contribution in [0.1, 0.15) is 17.4 Å². The van der Waals surface area contributed by atoms with Crippen LogP contribution in [0.25, 0.3) is 0 Å². The lowest BCUT2D eigenvalue weighted by Crippen LogP contribution is -2.18. The third-order valence-corrected chi connectivity index (χ3v) is 3.13. The van der Waals surface area contributed by atoms with Gasteiger partial charge in [0.15, 0.2) is 5.22 Å². The molecule has 0 saturated heterocycles. The van der Waals surface area contributed by atoms with Gasteiger partial charge in [-0.15, -0.1) is 0 Å². The molecule has 5 heteroatoms. The molecular formula is C12H10BrClFNO. The molecule has 0 fully saturated rings. The topological polar surface area (TPSA) is 25.2 Å². The van der Waals surface area contributed by atoms with E-state index in [4.69, 9.17) is 16.0 Å². The Bertz CT molecular complexity index is 529. The minimum Gasteiger partial charge on any atom is -0.448 e. The first-order chi connectivity index (χ1) is 8.11. The molecule has 1 aromatic heterocycles. The van der Waals surface area contributed by atoms with Crippen molar-refractivity contribution in [3.8, 4) is 0 Å². The molecule has 0 saturated carbocycles. The fourth-order valence-corrected chi connectivity index (χ4v) is 2.20. The van der Waals surface area contributed by atoms with Gasteiger partial charge < -0.3 is 9.73 Å². The highest BCUT2D eigenvalue weighted by molar-refractivity contribution is 9.10. The van der Waals surface area contributed by atoms with Gasteiger partial charge in [0.25, 0.3) is 0 Å². The lowest BCUT2D eigenvalue weighted by atomic mass is 10.0. The van der Waals surface area contributed by atoms with Crippen LogP contribution >= 0.6 is 27.5 Å². The second-order valence-corrected chi connectivity index (χ2v) is 4.82. The van der Waals surface area contributed by atoms with E-state index in [1.807, 2.05) is 0 Å². The van der Waals surface area contributed by atoms with E-state index >= 15 is 0 Å². The van der Waals surface area contributed by atoms with Crippen molar-refractivity contribution in [1.29, 1.82) is 0 Å². The van der Waals surface area contributed by atoms with Gasteiger partial charge in [0, 0.05) is 10.0 Å². The van der Waals surface area contributed by atoms with Crippen LogP contribution in [0.3, 0.4) is 0 Å². The number of hydrogen-bond acceptors (Lipinski definition) is 2. The molecule has 0 spiro atoms. The van der Waals surface area contributed by atoms with Crippen molar-refractivity contribution in [2.24, 2.45) is 0 Å². The standard InChI is InChI=1S/C12H10BrClFNO/c1-16-12(10-4-5-11(14)17-10)8-6-7(13)2-3-9(8)15/h2-6,12,16H,1H3. The van der Waals surface area contributed by atoms with Crippen LogP contribution in [0.5, 0.6) is 0 Å². The zero-order valence-electron chi connectivity index (χ0n) is 9.01. The summed E-state index contributed by atoms with van der Waals surface area (Å²) in [6.07, 6.45) is 0. The predicted octanol–water partition coefficient (Wildman–Crippen LogP) is 4.14. The minimum atomic E-state index is -0.361. The van der Waals surface area contributed by atoms with Gasteiger partial charge in [0.1, 0.15) is 11.6 Å². The zero-order valence-corrected chi connectivity index (χ0v) is 11.3. The minimum absolute atomic E-state index is 0.288. The van der Waals surface area contributed by atoms with E-state index in [1.165, 1.54) is 6.07 Å². The largest absolute Gasteiger partial charge is 0.448 e. The lowest BCUT2D eigenvalue weighted by molar-refractivity contribution is 0.454. The lowest BCUT2D eigenvalue weighted by Gasteiger charge is -2.15. The third-order valence-electron chi connectivity index (χ3n) is 2.44. The fraction of sp³-hybridized carbons (Fsp3) is 0.167. The Hall–Kier alpha value is -0.840. The number of hydrogen-bond donors (Lipinski definition) is 1.